The molecule has 3 rings (SSSR count). The zero-order valence-electron chi connectivity index (χ0n) is 14.8. The highest BCUT2D eigenvalue weighted by molar-refractivity contribution is 6.09. The van der Waals surface area contributed by atoms with Gasteiger partial charge in [0.2, 0.25) is 0 Å². The van der Waals surface area contributed by atoms with Crippen LogP contribution in [0.4, 0.5) is 5.69 Å². The normalized spacial score (nSPS) is 10.7. The minimum atomic E-state index is -0.586. The number of nitrogens with zero attached hydrogens (tertiary/aromatic N) is 1. The molecular formula is C19H20N4O4. The van der Waals surface area contributed by atoms with Crippen molar-refractivity contribution in [2.24, 2.45) is 0 Å². The van der Waals surface area contributed by atoms with Gasteiger partial charge in [-0.15, -0.1) is 0 Å². The van der Waals surface area contributed by atoms with Gasteiger partial charge in [-0.25, -0.2) is 0 Å². The number of hydrogen-bond acceptors (Lipinski definition) is 6. The van der Waals surface area contributed by atoms with Crippen LogP contribution in [-0.4, -0.2) is 41.2 Å². The third kappa shape index (κ3) is 3.47. The Kier molecular flexibility index (Phi) is 5.37. The molecule has 0 aliphatic carbocycles. The van der Waals surface area contributed by atoms with Gasteiger partial charge in [0.05, 0.1) is 18.3 Å². The average Bonchev–Trinajstić information content (AvgIpc) is 2.68. The van der Waals surface area contributed by atoms with Crippen molar-refractivity contribution >= 4 is 22.5 Å². The van der Waals surface area contributed by atoms with Gasteiger partial charge < -0.3 is 25.9 Å². The number of nitrogens with two attached hydrogens (primary N) is 1. The molecule has 0 atom stereocenters. The second-order valence-electron chi connectivity index (χ2n) is 5.88. The molecule has 27 heavy (non-hydrogen) atoms. The summed E-state index contributed by atoms with van der Waals surface area (Å²) in [7, 11) is 1.55. The number of nitrogens with one attached hydrogen (secondary N) is 2. The molecule has 0 radical (unpaired) electrons. The van der Waals surface area contributed by atoms with Gasteiger partial charge in [-0.1, -0.05) is 18.2 Å². The van der Waals surface area contributed by atoms with Gasteiger partial charge >= 0.3 is 0 Å². The van der Waals surface area contributed by atoms with Crippen LogP contribution in [0.1, 0.15) is 16.8 Å². The number of aromatic nitrogens is 2. The third-order valence-corrected chi connectivity index (χ3v) is 4.23. The highest BCUT2D eigenvalue weighted by atomic mass is 16.5. The first-order valence-electron chi connectivity index (χ1n) is 8.40. The van der Waals surface area contributed by atoms with Crippen molar-refractivity contribution in [1.29, 1.82) is 0 Å². The number of rotatable bonds is 6. The van der Waals surface area contributed by atoms with E-state index in [1.165, 1.54) is 0 Å². The van der Waals surface area contributed by atoms with Crippen LogP contribution >= 0.6 is 0 Å². The summed E-state index contributed by atoms with van der Waals surface area (Å²) in [6.45, 7) is 0.194. The van der Waals surface area contributed by atoms with E-state index in [0.717, 1.165) is 0 Å². The molecule has 0 unspecified atom stereocenters. The molecule has 0 saturated heterocycles. The molecule has 1 aromatic carbocycles. The van der Waals surface area contributed by atoms with Crippen molar-refractivity contribution in [2.75, 3.05) is 26.0 Å². The topological polar surface area (TPSA) is 130 Å². The largest absolute Gasteiger partial charge is 0.496 e. The highest BCUT2D eigenvalue weighted by Gasteiger charge is 2.19. The lowest BCUT2D eigenvalue weighted by molar-refractivity contribution is 0.0950. The minimum Gasteiger partial charge on any atom is -0.496 e. The lowest BCUT2D eigenvalue weighted by Crippen LogP contribution is -2.32. The Labute approximate surface area is 155 Å². The monoisotopic (exact) mass is 368 g/mol. The Morgan fingerprint density at radius 2 is 2.15 bits per heavy atom. The Balaban J connectivity index is 2.16. The van der Waals surface area contributed by atoms with Gasteiger partial charge in [-0.05, 0) is 12.5 Å². The number of amides is 1. The SMILES string of the molecule is COc1ccncc1-c1cccc2c(N)c(C(=O)NCCCO)c(=O)[nH]c12. The van der Waals surface area contributed by atoms with E-state index >= 15 is 0 Å². The zero-order valence-corrected chi connectivity index (χ0v) is 14.8. The van der Waals surface area contributed by atoms with E-state index in [2.05, 4.69) is 15.3 Å². The van der Waals surface area contributed by atoms with E-state index in [9.17, 15) is 9.59 Å². The number of ether oxygens (including phenoxy) is 1. The van der Waals surface area contributed by atoms with E-state index in [4.69, 9.17) is 15.6 Å². The van der Waals surface area contributed by atoms with E-state index in [1.807, 2.05) is 6.07 Å². The maximum absolute atomic E-state index is 12.6. The lowest BCUT2D eigenvalue weighted by Gasteiger charge is -2.13. The minimum absolute atomic E-state index is 0.0554. The van der Waals surface area contributed by atoms with E-state index in [1.54, 1.807) is 37.7 Å². The predicted molar refractivity (Wildman–Crippen MR) is 103 cm³/mol. The number of aromatic amines is 1. The maximum atomic E-state index is 12.6. The quantitative estimate of drug-likeness (QED) is 0.485. The summed E-state index contributed by atoms with van der Waals surface area (Å²) in [5.41, 5.74) is 7.42. The van der Waals surface area contributed by atoms with Crippen LogP contribution in [-0.2, 0) is 0 Å². The van der Waals surface area contributed by atoms with E-state index in [-0.39, 0.29) is 24.4 Å². The molecule has 140 valence electrons. The number of carbonyl (C=O) groups is 1. The first-order valence-corrected chi connectivity index (χ1v) is 8.40. The number of aliphatic hydroxyl groups is 1. The van der Waals surface area contributed by atoms with Crippen molar-refractivity contribution in [3.05, 3.63) is 52.6 Å². The molecule has 0 aliphatic rings. The summed E-state index contributed by atoms with van der Waals surface area (Å²) in [5.74, 6) is 0.0243. The molecule has 0 spiro atoms. The fourth-order valence-corrected chi connectivity index (χ4v) is 2.93. The number of pyridine rings is 2. The fraction of sp³-hybridized carbons (Fsp3) is 0.211. The number of methoxy groups -OCH3 is 1. The van der Waals surface area contributed by atoms with Gasteiger partial charge in [0.15, 0.2) is 0 Å². The Morgan fingerprint density at radius 3 is 2.89 bits per heavy atom. The fourth-order valence-electron chi connectivity index (χ4n) is 2.93. The molecule has 0 fully saturated rings. The van der Waals surface area contributed by atoms with Gasteiger partial charge in [0, 0.05) is 42.1 Å². The second-order valence-corrected chi connectivity index (χ2v) is 5.88. The molecule has 3 aromatic rings. The van der Waals surface area contributed by atoms with E-state index < -0.39 is 11.5 Å². The van der Waals surface area contributed by atoms with Crippen molar-refractivity contribution in [1.82, 2.24) is 15.3 Å². The lowest BCUT2D eigenvalue weighted by atomic mass is 10.0. The first kappa shape index (κ1) is 18.4. The second kappa shape index (κ2) is 7.88. The number of para-hydroxylation sites is 1. The summed E-state index contributed by atoms with van der Waals surface area (Å²) in [5, 5.41) is 12.0. The summed E-state index contributed by atoms with van der Waals surface area (Å²) in [4.78, 5) is 31.8. The standard InChI is InChI=1S/C19H20N4O4/c1-27-14-6-8-21-10-13(14)11-4-2-5-12-16(20)15(19(26)23-17(11)12)18(25)22-7-3-9-24/h2,4-6,8,10,24H,3,7,9H2,1H3,(H,22,25)(H3,20,23,26). The zero-order chi connectivity index (χ0) is 19.4. The average molecular weight is 368 g/mol. The molecule has 2 aromatic heterocycles. The number of fused-ring (bicyclic) bond motifs is 1. The summed E-state index contributed by atoms with van der Waals surface area (Å²) in [6.07, 6.45) is 3.64. The first-order chi connectivity index (χ1) is 13.1. The van der Waals surface area contributed by atoms with Gasteiger partial charge in [0.25, 0.3) is 11.5 Å². The van der Waals surface area contributed by atoms with Crippen LogP contribution < -0.4 is 21.3 Å². The molecular weight excluding hydrogens is 348 g/mol. The van der Waals surface area contributed by atoms with Crippen molar-refractivity contribution in [3.63, 3.8) is 0 Å². The van der Waals surface area contributed by atoms with E-state index in [0.29, 0.717) is 34.2 Å². The number of nitrogen functional groups attached to an aromatic ring is 1. The highest BCUT2D eigenvalue weighted by Crippen LogP contribution is 2.34. The van der Waals surface area contributed by atoms with Crippen LogP contribution in [0.5, 0.6) is 5.75 Å². The predicted octanol–water partition coefficient (Wildman–Crippen LogP) is 1.29. The number of anilines is 1. The molecule has 8 heteroatoms. The summed E-state index contributed by atoms with van der Waals surface area (Å²) in [6, 6.07) is 7.06. The summed E-state index contributed by atoms with van der Waals surface area (Å²) >= 11 is 0. The molecule has 0 saturated carbocycles. The van der Waals surface area contributed by atoms with Crippen molar-refractivity contribution in [2.45, 2.75) is 6.42 Å². The van der Waals surface area contributed by atoms with Crippen LogP contribution in [0.2, 0.25) is 0 Å². The number of hydrogen-bond donors (Lipinski definition) is 4. The molecule has 5 N–H and O–H groups in total. The Hall–Kier alpha value is -3.39. The van der Waals surface area contributed by atoms with Crippen LogP contribution in [0.15, 0.2) is 41.5 Å². The van der Waals surface area contributed by atoms with Crippen molar-refractivity contribution < 1.29 is 14.6 Å². The maximum Gasteiger partial charge on any atom is 0.263 e. The molecule has 0 aliphatic heterocycles. The number of carbonyl (C=O) groups excluding carboxylic acids is 1. The van der Waals surface area contributed by atoms with Gasteiger partial charge in [-0.3, -0.25) is 14.6 Å². The number of aliphatic hydroxyl groups excluding tert-OH is 1. The van der Waals surface area contributed by atoms with Crippen LogP contribution in [0.25, 0.3) is 22.0 Å². The third-order valence-electron chi connectivity index (χ3n) is 4.23. The molecule has 8 nitrogen and oxygen atoms in total. The smallest absolute Gasteiger partial charge is 0.263 e. The van der Waals surface area contributed by atoms with Crippen LogP contribution in [0, 0.1) is 0 Å². The Bertz CT molecular complexity index is 1050. The van der Waals surface area contributed by atoms with Gasteiger partial charge in [0.1, 0.15) is 11.3 Å². The van der Waals surface area contributed by atoms with Gasteiger partial charge in [-0.2, -0.15) is 0 Å². The summed E-state index contributed by atoms with van der Waals surface area (Å²) < 4.78 is 5.38. The number of benzene rings is 1. The van der Waals surface area contributed by atoms with Crippen LogP contribution in [0.3, 0.4) is 0 Å². The van der Waals surface area contributed by atoms with Crippen molar-refractivity contribution in [3.8, 4) is 16.9 Å². The molecule has 2 heterocycles. The molecule has 1 amide bonds. The Morgan fingerprint density at radius 1 is 1.33 bits per heavy atom. The number of H-pyrrole nitrogens is 1. The molecule has 0 bridgehead atoms.